The summed E-state index contributed by atoms with van der Waals surface area (Å²) >= 11 is 0. The number of ether oxygens (including phenoxy) is 2. The molecular formula is C41H25N3O2. The monoisotopic (exact) mass is 591 g/mol. The van der Waals surface area contributed by atoms with E-state index in [4.69, 9.17) is 9.47 Å². The van der Waals surface area contributed by atoms with Gasteiger partial charge in [-0.05, 0) is 48.5 Å². The maximum absolute atomic E-state index is 6.81. The molecule has 2 aliphatic heterocycles. The molecule has 0 saturated carbocycles. The van der Waals surface area contributed by atoms with Crippen molar-refractivity contribution >= 4 is 21.8 Å². The maximum Gasteiger partial charge on any atom is 0.134 e. The van der Waals surface area contributed by atoms with Crippen LogP contribution in [0.15, 0.2) is 152 Å². The minimum absolute atomic E-state index is 0.669. The highest BCUT2D eigenvalue weighted by atomic mass is 16.5. The van der Waals surface area contributed by atoms with Gasteiger partial charge in [-0.1, -0.05) is 78.9 Å². The van der Waals surface area contributed by atoms with Crippen molar-refractivity contribution in [1.82, 2.24) is 14.5 Å². The van der Waals surface area contributed by atoms with E-state index in [1.54, 1.807) is 0 Å². The van der Waals surface area contributed by atoms with E-state index in [2.05, 4.69) is 118 Å². The van der Waals surface area contributed by atoms with Crippen molar-refractivity contribution < 1.29 is 9.47 Å². The van der Waals surface area contributed by atoms with Gasteiger partial charge in [0, 0.05) is 62.7 Å². The Kier molecular flexibility index (Phi) is 5.14. The van der Waals surface area contributed by atoms with Crippen LogP contribution in [-0.4, -0.2) is 14.5 Å². The highest BCUT2D eigenvalue weighted by Gasteiger charge is 2.50. The van der Waals surface area contributed by atoms with Crippen molar-refractivity contribution in [1.29, 1.82) is 0 Å². The SMILES string of the molecule is c1ccc(-c2ccc3c(c2)Oc2ccccc2C32c3ccccc3Oc3cc(-n4c5ccccc5c5ccncc54)ccc32)nc1. The number of para-hydroxylation sites is 3. The van der Waals surface area contributed by atoms with Crippen molar-refractivity contribution in [2.45, 2.75) is 5.41 Å². The van der Waals surface area contributed by atoms with Crippen LogP contribution < -0.4 is 9.47 Å². The van der Waals surface area contributed by atoms with Crippen molar-refractivity contribution in [3.63, 3.8) is 0 Å². The molecule has 3 aromatic heterocycles. The zero-order valence-electron chi connectivity index (χ0n) is 24.6. The van der Waals surface area contributed by atoms with Gasteiger partial charge in [-0.2, -0.15) is 0 Å². The van der Waals surface area contributed by atoms with Crippen LogP contribution in [0.4, 0.5) is 0 Å². The third kappa shape index (κ3) is 3.34. The first-order chi connectivity index (χ1) is 22.8. The second-order valence-electron chi connectivity index (χ2n) is 11.8. The zero-order chi connectivity index (χ0) is 30.2. The van der Waals surface area contributed by atoms with E-state index in [-0.39, 0.29) is 0 Å². The van der Waals surface area contributed by atoms with Crippen LogP contribution in [0, 0.1) is 0 Å². The number of rotatable bonds is 2. The molecule has 1 unspecified atom stereocenters. The lowest BCUT2D eigenvalue weighted by Gasteiger charge is -2.45. The Bertz CT molecular complexity index is 2430. The number of hydrogen-bond acceptors (Lipinski definition) is 4. The van der Waals surface area contributed by atoms with Gasteiger partial charge in [-0.25, -0.2) is 0 Å². The first-order valence-corrected chi connectivity index (χ1v) is 15.4. The Morgan fingerprint density at radius 3 is 1.93 bits per heavy atom. The molecule has 46 heavy (non-hydrogen) atoms. The van der Waals surface area contributed by atoms with Crippen LogP contribution in [0.3, 0.4) is 0 Å². The molecule has 216 valence electrons. The van der Waals surface area contributed by atoms with Gasteiger partial charge < -0.3 is 14.0 Å². The van der Waals surface area contributed by atoms with Gasteiger partial charge in [0.15, 0.2) is 0 Å². The van der Waals surface area contributed by atoms with Gasteiger partial charge >= 0.3 is 0 Å². The van der Waals surface area contributed by atoms with Crippen molar-refractivity contribution in [2.75, 3.05) is 0 Å². The number of hydrogen-bond donors (Lipinski definition) is 0. The molecule has 1 spiro atoms. The fraction of sp³-hybridized carbons (Fsp3) is 0.0244. The quantitative estimate of drug-likeness (QED) is 0.201. The molecule has 0 radical (unpaired) electrons. The Hall–Kier alpha value is -6.20. The van der Waals surface area contributed by atoms with E-state index in [1.807, 2.05) is 48.9 Å². The predicted molar refractivity (Wildman–Crippen MR) is 180 cm³/mol. The van der Waals surface area contributed by atoms with Gasteiger partial charge in [0.25, 0.3) is 0 Å². The standard InChI is InChI=1S/C41H25N3O2/c1-4-13-35-28(9-1)29-20-22-42-25-36(29)44(35)27-17-19-33-40(24-27)46-38-15-6-3-11-31(38)41(33)30-10-2-5-14-37(30)45-39-23-26(16-18-32(39)41)34-12-7-8-21-43-34/h1-25H. The van der Waals surface area contributed by atoms with E-state index in [0.717, 1.165) is 73.2 Å². The predicted octanol–water partition coefficient (Wildman–Crippen LogP) is 9.83. The Balaban J connectivity index is 1.27. The third-order valence-corrected chi connectivity index (χ3v) is 9.47. The van der Waals surface area contributed by atoms with E-state index in [0.29, 0.717) is 0 Å². The summed E-state index contributed by atoms with van der Waals surface area (Å²) < 4.78 is 15.8. The Labute approximate surface area is 265 Å². The average Bonchev–Trinajstić information content (AvgIpc) is 3.46. The summed E-state index contributed by atoms with van der Waals surface area (Å²) in [6.45, 7) is 0. The summed E-state index contributed by atoms with van der Waals surface area (Å²) in [5.41, 5.74) is 8.73. The lowest BCUT2D eigenvalue weighted by molar-refractivity contribution is 0.399. The smallest absolute Gasteiger partial charge is 0.134 e. The summed E-state index contributed by atoms with van der Waals surface area (Å²) in [6, 6.07) is 46.4. The molecule has 0 bridgehead atoms. The number of benzene rings is 5. The van der Waals surface area contributed by atoms with Crippen LogP contribution in [-0.2, 0) is 5.41 Å². The van der Waals surface area contributed by atoms with Gasteiger partial charge in [-0.3, -0.25) is 9.97 Å². The summed E-state index contributed by atoms with van der Waals surface area (Å²) in [6.07, 6.45) is 5.62. The molecular weight excluding hydrogens is 566 g/mol. The lowest BCUT2D eigenvalue weighted by Crippen LogP contribution is -2.36. The number of pyridine rings is 2. The second-order valence-corrected chi connectivity index (χ2v) is 11.8. The van der Waals surface area contributed by atoms with Gasteiger partial charge in [-0.15, -0.1) is 0 Å². The van der Waals surface area contributed by atoms with E-state index in [1.165, 1.54) is 10.8 Å². The van der Waals surface area contributed by atoms with Crippen LogP contribution in [0.2, 0.25) is 0 Å². The minimum atomic E-state index is -0.669. The van der Waals surface area contributed by atoms with Crippen LogP contribution in [0.1, 0.15) is 22.3 Å². The Morgan fingerprint density at radius 2 is 1.15 bits per heavy atom. The van der Waals surface area contributed by atoms with Crippen molar-refractivity contribution in [3.8, 4) is 39.9 Å². The molecule has 0 aliphatic carbocycles. The molecule has 1 atom stereocenters. The largest absolute Gasteiger partial charge is 0.457 e. The molecule has 0 saturated heterocycles. The lowest BCUT2D eigenvalue weighted by atomic mass is 9.62. The fourth-order valence-electron chi connectivity index (χ4n) is 7.59. The molecule has 2 aliphatic rings. The maximum atomic E-state index is 6.81. The van der Waals surface area contributed by atoms with Crippen LogP contribution in [0.5, 0.6) is 23.0 Å². The van der Waals surface area contributed by atoms with E-state index >= 15 is 0 Å². The fourth-order valence-corrected chi connectivity index (χ4v) is 7.59. The third-order valence-electron chi connectivity index (χ3n) is 9.47. The van der Waals surface area contributed by atoms with E-state index < -0.39 is 5.41 Å². The zero-order valence-corrected chi connectivity index (χ0v) is 24.6. The highest BCUT2D eigenvalue weighted by molar-refractivity contribution is 6.08. The van der Waals surface area contributed by atoms with Crippen molar-refractivity contribution in [3.05, 3.63) is 174 Å². The molecule has 5 heterocycles. The van der Waals surface area contributed by atoms with E-state index in [9.17, 15) is 0 Å². The molecule has 8 aromatic rings. The first kappa shape index (κ1) is 25.2. The molecule has 5 heteroatoms. The summed E-state index contributed by atoms with van der Waals surface area (Å²) in [5, 5.41) is 2.36. The highest BCUT2D eigenvalue weighted by Crippen LogP contribution is 2.61. The topological polar surface area (TPSA) is 49.2 Å². The summed E-state index contributed by atoms with van der Waals surface area (Å²) in [4.78, 5) is 9.10. The first-order valence-electron chi connectivity index (χ1n) is 15.4. The minimum Gasteiger partial charge on any atom is -0.457 e. The van der Waals surface area contributed by atoms with Crippen LogP contribution >= 0.6 is 0 Å². The molecule has 0 fully saturated rings. The average molecular weight is 592 g/mol. The summed E-state index contributed by atoms with van der Waals surface area (Å²) in [7, 11) is 0. The Morgan fingerprint density at radius 1 is 0.500 bits per heavy atom. The molecule has 10 rings (SSSR count). The molecule has 0 amide bonds. The molecule has 5 nitrogen and oxygen atoms in total. The van der Waals surface area contributed by atoms with Crippen LogP contribution in [0.25, 0.3) is 38.8 Å². The second kappa shape index (κ2) is 9.40. The number of fused-ring (bicyclic) bond motifs is 11. The number of aromatic nitrogens is 3. The van der Waals surface area contributed by atoms with Gasteiger partial charge in [0.1, 0.15) is 23.0 Å². The molecule has 0 N–H and O–H groups in total. The summed E-state index contributed by atoms with van der Waals surface area (Å²) in [5.74, 6) is 3.27. The van der Waals surface area contributed by atoms with Gasteiger partial charge in [0.05, 0.1) is 28.3 Å². The van der Waals surface area contributed by atoms with Crippen molar-refractivity contribution in [2.24, 2.45) is 0 Å². The number of nitrogens with zero attached hydrogens (tertiary/aromatic N) is 3. The molecule has 5 aromatic carbocycles. The normalized spacial score (nSPS) is 15.8. The van der Waals surface area contributed by atoms with Gasteiger partial charge in [0.2, 0.25) is 0 Å².